The number of halogens is 2. The molecule has 1 fully saturated rings. The van der Waals surface area contributed by atoms with E-state index >= 15 is 0 Å². The number of nitrogens with two attached hydrogens (primary N) is 1. The van der Waals surface area contributed by atoms with Crippen molar-refractivity contribution in [3.63, 3.8) is 0 Å². The first-order chi connectivity index (χ1) is 14.8. The normalized spacial score (nSPS) is 20.4. The number of methoxy groups -OCH3 is 1. The van der Waals surface area contributed by atoms with Crippen LogP contribution in [0.1, 0.15) is 35.6 Å². The highest BCUT2D eigenvalue weighted by molar-refractivity contribution is 6.35. The summed E-state index contributed by atoms with van der Waals surface area (Å²) in [6.45, 7) is 2.91. The predicted octanol–water partition coefficient (Wildman–Crippen LogP) is 3.51. The molecule has 0 saturated carbocycles. The van der Waals surface area contributed by atoms with Gasteiger partial charge >= 0.3 is 5.97 Å². The van der Waals surface area contributed by atoms with Crippen LogP contribution in [0.5, 0.6) is 5.75 Å². The minimum Gasteiger partial charge on any atom is -0.465 e. The molecule has 2 N–H and O–H groups in total. The van der Waals surface area contributed by atoms with Gasteiger partial charge in [0.25, 0.3) is 5.56 Å². The fourth-order valence-electron chi connectivity index (χ4n) is 4.16. The van der Waals surface area contributed by atoms with E-state index in [1.54, 1.807) is 28.8 Å². The van der Waals surface area contributed by atoms with E-state index in [1.165, 1.54) is 7.11 Å². The van der Waals surface area contributed by atoms with Gasteiger partial charge in [0.1, 0.15) is 11.3 Å². The molecule has 9 heteroatoms. The maximum atomic E-state index is 13.7. The van der Waals surface area contributed by atoms with Crippen LogP contribution < -0.4 is 16.0 Å². The van der Waals surface area contributed by atoms with Crippen LogP contribution in [0, 0.1) is 6.92 Å². The van der Waals surface area contributed by atoms with Crippen LogP contribution >= 0.6 is 23.2 Å². The molecule has 1 saturated heterocycles. The van der Waals surface area contributed by atoms with E-state index in [0.29, 0.717) is 34.5 Å². The molecule has 1 aromatic carbocycles. The molecule has 3 heterocycles. The largest absolute Gasteiger partial charge is 0.465 e. The third kappa shape index (κ3) is 3.93. The fraction of sp³-hybridized carbons (Fsp3) is 0.364. The lowest BCUT2D eigenvalue weighted by Gasteiger charge is -2.29. The molecular formula is C22H22Cl2N2O5. The highest BCUT2D eigenvalue weighted by Gasteiger charge is 2.39. The first kappa shape index (κ1) is 21.7. The van der Waals surface area contributed by atoms with E-state index in [9.17, 15) is 9.59 Å². The number of aryl methyl sites for hydroxylation is 1. The monoisotopic (exact) mass is 464 g/mol. The Morgan fingerprint density at radius 1 is 1.32 bits per heavy atom. The zero-order valence-electron chi connectivity index (χ0n) is 17.1. The highest BCUT2D eigenvalue weighted by atomic mass is 35.5. The summed E-state index contributed by atoms with van der Waals surface area (Å²) in [5.41, 5.74) is 7.30. The van der Waals surface area contributed by atoms with Crippen LogP contribution in [0.3, 0.4) is 0 Å². The second-order valence-electron chi connectivity index (χ2n) is 7.58. The lowest BCUT2D eigenvalue weighted by atomic mass is 9.83. The van der Waals surface area contributed by atoms with Crippen molar-refractivity contribution >= 4 is 29.2 Å². The fourth-order valence-corrected chi connectivity index (χ4v) is 4.68. The summed E-state index contributed by atoms with van der Waals surface area (Å²) in [5.74, 6) is -1.42. The predicted molar refractivity (Wildman–Crippen MR) is 117 cm³/mol. The summed E-state index contributed by atoms with van der Waals surface area (Å²) in [6, 6.07) is 6.60. The molecule has 2 aromatic rings. The van der Waals surface area contributed by atoms with E-state index < -0.39 is 11.9 Å². The quantitative estimate of drug-likeness (QED) is 0.695. The van der Waals surface area contributed by atoms with E-state index in [0.717, 1.165) is 12.8 Å². The van der Waals surface area contributed by atoms with Crippen molar-refractivity contribution < 1.29 is 19.0 Å². The van der Waals surface area contributed by atoms with Gasteiger partial charge in [-0.25, -0.2) is 4.79 Å². The Hall–Kier alpha value is -2.48. The minimum absolute atomic E-state index is 0.0174. The number of carbonyl (C=O) groups is 1. The molecule has 31 heavy (non-hydrogen) atoms. The number of fused-ring (bicyclic) bond motifs is 1. The van der Waals surface area contributed by atoms with Crippen molar-refractivity contribution in [2.75, 3.05) is 13.7 Å². The van der Waals surface area contributed by atoms with Gasteiger partial charge in [0.2, 0.25) is 5.88 Å². The Kier molecular flexibility index (Phi) is 6.01. The number of esters is 1. The standard InChI is InChI=1S/C22H22Cl2N2O5/c1-11-8-16-18(21(27)26(11)10-13-4-3-7-30-13)17(14-6-5-12(23)9-15(14)24)19(20(25)31-16)22(28)29-2/h5-6,8-9,13,17H,3-4,7,10,25H2,1-2H3/t13-,17-/m0/s1. The smallest absolute Gasteiger partial charge is 0.340 e. The van der Waals surface area contributed by atoms with E-state index in [-0.39, 0.29) is 34.4 Å². The third-order valence-corrected chi connectivity index (χ3v) is 6.22. The minimum atomic E-state index is -0.871. The molecule has 0 spiro atoms. The van der Waals surface area contributed by atoms with Gasteiger partial charge in [-0.05, 0) is 37.5 Å². The van der Waals surface area contributed by atoms with Crippen molar-refractivity contribution in [2.24, 2.45) is 5.73 Å². The Morgan fingerprint density at radius 3 is 2.74 bits per heavy atom. The molecule has 7 nitrogen and oxygen atoms in total. The van der Waals surface area contributed by atoms with E-state index in [2.05, 4.69) is 0 Å². The van der Waals surface area contributed by atoms with Gasteiger partial charge in [-0.1, -0.05) is 29.3 Å². The number of hydrogen-bond donors (Lipinski definition) is 1. The second-order valence-corrected chi connectivity index (χ2v) is 8.43. The average Bonchev–Trinajstić information content (AvgIpc) is 3.23. The summed E-state index contributed by atoms with van der Waals surface area (Å²) in [6.07, 6.45) is 1.80. The Balaban J connectivity index is 1.94. The first-order valence-corrected chi connectivity index (χ1v) is 10.6. The molecular weight excluding hydrogens is 443 g/mol. The van der Waals surface area contributed by atoms with Crippen LogP contribution in [0.2, 0.25) is 10.0 Å². The number of ether oxygens (including phenoxy) is 3. The number of hydrogen-bond acceptors (Lipinski definition) is 6. The van der Waals surface area contributed by atoms with Crippen molar-refractivity contribution in [2.45, 2.75) is 38.3 Å². The number of benzene rings is 1. The first-order valence-electron chi connectivity index (χ1n) is 9.88. The molecule has 2 aliphatic heterocycles. The molecule has 0 unspecified atom stereocenters. The van der Waals surface area contributed by atoms with Gasteiger partial charge in [-0.3, -0.25) is 4.79 Å². The summed E-state index contributed by atoms with van der Waals surface area (Å²) >= 11 is 12.5. The molecule has 0 radical (unpaired) electrons. The van der Waals surface area contributed by atoms with E-state index in [4.69, 9.17) is 43.1 Å². The number of aromatic nitrogens is 1. The lowest BCUT2D eigenvalue weighted by molar-refractivity contribution is -0.136. The third-order valence-electron chi connectivity index (χ3n) is 5.66. The molecule has 0 bridgehead atoms. The van der Waals surface area contributed by atoms with Gasteiger partial charge in [0, 0.05) is 28.4 Å². The second kappa shape index (κ2) is 8.57. The zero-order chi connectivity index (χ0) is 22.3. The molecule has 164 valence electrons. The van der Waals surface area contributed by atoms with Crippen molar-refractivity contribution in [3.05, 3.63) is 72.9 Å². The Morgan fingerprint density at radius 2 is 2.10 bits per heavy atom. The van der Waals surface area contributed by atoms with Gasteiger partial charge in [0.05, 0.1) is 31.2 Å². The lowest BCUT2D eigenvalue weighted by Crippen LogP contribution is -2.36. The highest BCUT2D eigenvalue weighted by Crippen LogP contribution is 2.44. The summed E-state index contributed by atoms with van der Waals surface area (Å²) < 4.78 is 18.0. The number of rotatable bonds is 4. The van der Waals surface area contributed by atoms with Gasteiger partial charge in [-0.15, -0.1) is 0 Å². The summed E-state index contributed by atoms with van der Waals surface area (Å²) in [4.78, 5) is 26.3. The molecule has 2 atom stereocenters. The Labute approximate surface area is 189 Å². The van der Waals surface area contributed by atoms with Crippen LogP contribution in [-0.4, -0.2) is 30.4 Å². The average molecular weight is 465 g/mol. The molecule has 0 amide bonds. The van der Waals surface area contributed by atoms with E-state index in [1.807, 2.05) is 6.92 Å². The summed E-state index contributed by atoms with van der Waals surface area (Å²) in [5, 5.41) is 0.725. The van der Waals surface area contributed by atoms with Crippen LogP contribution in [0.4, 0.5) is 0 Å². The van der Waals surface area contributed by atoms with Crippen LogP contribution in [0.25, 0.3) is 0 Å². The molecule has 4 rings (SSSR count). The molecule has 1 aromatic heterocycles. The van der Waals surface area contributed by atoms with Gasteiger partial charge < -0.3 is 24.5 Å². The maximum Gasteiger partial charge on any atom is 0.340 e. The van der Waals surface area contributed by atoms with Gasteiger partial charge in [0.15, 0.2) is 0 Å². The van der Waals surface area contributed by atoms with Crippen molar-refractivity contribution in [3.8, 4) is 5.75 Å². The Bertz CT molecular complexity index is 1140. The summed E-state index contributed by atoms with van der Waals surface area (Å²) in [7, 11) is 1.24. The number of nitrogens with zero attached hydrogens (tertiary/aromatic N) is 1. The zero-order valence-corrected chi connectivity index (χ0v) is 18.6. The van der Waals surface area contributed by atoms with Crippen LogP contribution in [-0.2, 0) is 20.8 Å². The van der Waals surface area contributed by atoms with Crippen molar-refractivity contribution in [1.29, 1.82) is 0 Å². The van der Waals surface area contributed by atoms with Crippen molar-refractivity contribution in [1.82, 2.24) is 4.57 Å². The SMILES string of the molecule is COC(=O)C1=C(N)Oc2cc(C)n(C[C@@H]3CCCO3)c(=O)c2[C@@H]1c1ccc(Cl)cc1Cl. The number of pyridine rings is 1. The molecule has 0 aliphatic carbocycles. The molecule has 2 aliphatic rings. The number of carbonyl (C=O) groups excluding carboxylic acids is 1. The maximum absolute atomic E-state index is 13.7. The van der Waals surface area contributed by atoms with Gasteiger partial charge in [-0.2, -0.15) is 0 Å². The topological polar surface area (TPSA) is 92.8 Å². The van der Waals surface area contributed by atoms with Crippen LogP contribution in [0.15, 0.2) is 40.5 Å².